The number of nitrogens with zero attached hydrogens (tertiary/aromatic N) is 4. The lowest BCUT2D eigenvalue weighted by atomic mass is 10.1. The van der Waals surface area contributed by atoms with Crippen LogP contribution < -0.4 is 0 Å². The standard InChI is InChI=1S/C36H22N4/c37-22-31-36(19-25(23-38-31)24-11-3-1-4-12-24)40-33-18-10-8-16-28(33)30-20-29-27-15-7-9-17-32(27)39(34(29)21-35(30)40)26-13-5-2-6-14-26/h1-21,23H. The van der Waals surface area contributed by atoms with Crippen LogP contribution in [0.15, 0.2) is 134 Å². The quantitative estimate of drug-likeness (QED) is 0.238. The molecule has 0 aliphatic rings. The molecule has 4 heteroatoms. The molecule has 5 aromatic carbocycles. The van der Waals surface area contributed by atoms with E-state index in [-0.39, 0.29) is 0 Å². The highest BCUT2D eigenvalue weighted by atomic mass is 15.0. The minimum atomic E-state index is 0.394. The maximum Gasteiger partial charge on any atom is 0.164 e. The van der Waals surface area contributed by atoms with Gasteiger partial charge in [0.15, 0.2) is 5.69 Å². The molecule has 4 nitrogen and oxygen atoms in total. The predicted octanol–water partition coefficient (Wildman–Crippen LogP) is 8.81. The molecule has 0 spiro atoms. The van der Waals surface area contributed by atoms with Crippen LogP contribution in [-0.2, 0) is 0 Å². The first-order chi connectivity index (χ1) is 19.8. The van der Waals surface area contributed by atoms with E-state index in [1.54, 1.807) is 6.20 Å². The monoisotopic (exact) mass is 510 g/mol. The van der Waals surface area contributed by atoms with Crippen LogP contribution >= 0.6 is 0 Å². The maximum absolute atomic E-state index is 10.2. The van der Waals surface area contributed by atoms with Crippen LogP contribution in [0.1, 0.15) is 5.69 Å². The Morgan fingerprint density at radius 3 is 1.75 bits per heavy atom. The lowest BCUT2D eigenvalue weighted by molar-refractivity contribution is 1.12. The molecule has 8 aromatic rings. The Morgan fingerprint density at radius 1 is 0.500 bits per heavy atom. The Bertz CT molecular complexity index is 2270. The van der Waals surface area contributed by atoms with Gasteiger partial charge in [0.25, 0.3) is 0 Å². The molecule has 0 saturated carbocycles. The van der Waals surface area contributed by atoms with E-state index in [9.17, 15) is 5.26 Å². The van der Waals surface area contributed by atoms with Gasteiger partial charge in [0.05, 0.1) is 27.8 Å². The number of para-hydroxylation sites is 3. The van der Waals surface area contributed by atoms with E-state index in [0.29, 0.717) is 5.69 Å². The lowest BCUT2D eigenvalue weighted by Crippen LogP contribution is -2.01. The van der Waals surface area contributed by atoms with E-state index in [4.69, 9.17) is 0 Å². The number of aromatic nitrogens is 3. The van der Waals surface area contributed by atoms with E-state index >= 15 is 0 Å². The lowest BCUT2D eigenvalue weighted by Gasteiger charge is -2.12. The summed E-state index contributed by atoms with van der Waals surface area (Å²) in [5.41, 5.74) is 8.69. The molecule has 0 aliphatic carbocycles. The van der Waals surface area contributed by atoms with Crippen LogP contribution in [0.2, 0.25) is 0 Å². The fraction of sp³-hybridized carbons (Fsp3) is 0. The molecular weight excluding hydrogens is 488 g/mol. The van der Waals surface area contributed by atoms with Crippen LogP contribution in [0.5, 0.6) is 0 Å². The van der Waals surface area contributed by atoms with Crippen LogP contribution in [0, 0.1) is 11.3 Å². The van der Waals surface area contributed by atoms with Crippen molar-refractivity contribution in [2.75, 3.05) is 0 Å². The molecule has 3 aromatic heterocycles. The van der Waals surface area contributed by atoms with Gasteiger partial charge in [-0.3, -0.25) is 0 Å². The minimum Gasteiger partial charge on any atom is -0.309 e. The Balaban J connectivity index is 1.53. The molecular formula is C36H22N4. The number of rotatable bonds is 3. The molecule has 8 rings (SSSR count). The van der Waals surface area contributed by atoms with Crippen molar-refractivity contribution in [3.8, 4) is 28.6 Å². The number of hydrogen-bond donors (Lipinski definition) is 0. The fourth-order valence-corrected chi connectivity index (χ4v) is 6.04. The second-order valence-electron chi connectivity index (χ2n) is 10.00. The average molecular weight is 511 g/mol. The highest BCUT2D eigenvalue weighted by molar-refractivity contribution is 6.19. The number of fused-ring (bicyclic) bond motifs is 6. The average Bonchev–Trinajstić information content (AvgIpc) is 3.52. The highest BCUT2D eigenvalue weighted by Gasteiger charge is 2.20. The summed E-state index contributed by atoms with van der Waals surface area (Å²) in [6, 6.07) is 46.7. The van der Waals surface area contributed by atoms with Gasteiger partial charge < -0.3 is 9.13 Å². The van der Waals surface area contributed by atoms with Crippen LogP contribution in [-0.4, -0.2) is 14.1 Å². The zero-order chi connectivity index (χ0) is 26.6. The maximum atomic E-state index is 10.2. The highest BCUT2D eigenvalue weighted by Crippen LogP contribution is 2.40. The first-order valence-electron chi connectivity index (χ1n) is 13.3. The van der Waals surface area contributed by atoms with Crippen LogP contribution in [0.4, 0.5) is 0 Å². The number of hydrogen-bond acceptors (Lipinski definition) is 2. The predicted molar refractivity (Wildman–Crippen MR) is 163 cm³/mol. The summed E-state index contributed by atoms with van der Waals surface area (Å²) < 4.78 is 4.53. The van der Waals surface area contributed by atoms with Gasteiger partial charge >= 0.3 is 0 Å². The minimum absolute atomic E-state index is 0.394. The van der Waals surface area contributed by atoms with Crippen molar-refractivity contribution in [2.45, 2.75) is 0 Å². The molecule has 0 aliphatic heterocycles. The molecule has 40 heavy (non-hydrogen) atoms. The van der Waals surface area contributed by atoms with Gasteiger partial charge in [0.2, 0.25) is 0 Å². The number of pyridine rings is 1. The Morgan fingerprint density at radius 2 is 1.07 bits per heavy atom. The zero-order valence-corrected chi connectivity index (χ0v) is 21.5. The van der Waals surface area contributed by atoms with Crippen LogP contribution in [0.25, 0.3) is 66.1 Å². The molecule has 0 atom stereocenters. The van der Waals surface area contributed by atoms with Crippen molar-refractivity contribution in [1.82, 2.24) is 14.1 Å². The smallest absolute Gasteiger partial charge is 0.164 e. The third-order valence-corrected chi connectivity index (χ3v) is 7.80. The van der Waals surface area contributed by atoms with E-state index < -0.39 is 0 Å². The van der Waals surface area contributed by atoms with E-state index in [0.717, 1.165) is 55.3 Å². The van der Waals surface area contributed by atoms with Gasteiger partial charge in [-0.2, -0.15) is 5.26 Å². The van der Waals surface area contributed by atoms with Crippen molar-refractivity contribution in [1.29, 1.82) is 5.26 Å². The third kappa shape index (κ3) is 3.22. The number of nitriles is 1. The van der Waals surface area contributed by atoms with Crippen molar-refractivity contribution in [2.24, 2.45) is 0 Å². The van der Waals surface area contributed by atoms with E-state index in [1.165, 1.54) is 10.8 Å². The van der Waals surface area contributed by atoms with Crippen LogP contribution in [0.3, 0.4) is 0 Å². The summed E-state index contributed by atoms with van der Waals surface area (Å²) in [4.78, 5) is 4.62. The van der Waals surface area contributed by atoms with Gasteiger partial charge in [-0.25, -0.2) is 4.98 Å². The number of benzene rings is 5. The Labute approximate surface area is 230 Å². The zero-order valence-electron chi connectivity index (χ0n) is 21.5. The summed E-state index contributed by atoms with van der Waals surface area (Å²) in [5.74, 6) is 0. The van der Waals surface area contributed by atoms with Gasteiger partial charge in [0, 0.05) is 39.0 Å². The molecule has 0 amide bonds. The van der Waals surface area contributed by atoms with Gasteiger partial charge in [-0.1, -0.05) is 84.9 Å². The summed E-state index contributed by atoms with van der Waals surface area (Å²) in [6.45, 7) is 0. The fourth-order valence-electron chi connectivity index (χ4n) is 6.04. The van der Waals surface area contributed by atoms with Gasteiger partial charge in [-0.15, -0.1) is 0 Å². The molecule has 3 heterocycles. The first kappa shape index (κ1) is 22.3. The Kier molecular flexibility index (Phi) is 4.85. The summed E-state index contributed by atoms with van der Waals surface area (Å²) in [5, 5.41) is 14.9. The van der Waals surface area contributed by atoms with Crippen molar-refractivity contribution in [3.05, 3.63) is 139 Å². The molecule has 186 valence electrons. The van der Waals surface area contributed by atoms with Crippen molar-refractivity contribution in [3.63, 3.8) is 0 Å². The molecule has 0 radical (unpaired) electrons. The van der Waals surface area contributed by atoms with Crippen molar-refractivity contribution >= 4 is 43.6 Å². The molecule has 0 unspecified atom stereocenters. The van der Waals surface area contributed by atoms with E-state index in [2.05, 4.69) is 123 Å². The molecule has 0 bridgehead atoms. The summed E-state index contributed by atoms with van der Waals surface area (Å²) >= 11 is 0. The largest absolute Gasteiger partial charge is 0.309 e. The van der Waals surface area contributed by atoms with Gasteiger partial charge in [-0.05, 0) is 48.0 Å². The SMILES string of the molecule is N#Cc1ncc(-c2ccccc2)cc1-n1c2ccccc2c2cc3c4ccccc4n(-c4ccccc4)c3cc21. The normalized spacial score (nSPS) is 11.5. The molecule has 0 saturated heterocycles. The topological polar surface area (TPSA) is 46.5 Å². The second kappa shape index (κ2) is 8.69. The Hall–Kier alpha value is -5.66. The summed E-state index contributed by atoms with van der Waals surface area (Å²) in [6.07, 6.45) is 1.79. The third-order valence-electron chi connectivity index (χ3n) is 7.80. The molecule has 0 N–H and O–H groups in total. The molecule has 0 fully saturated rings. The summed E-state index contributed by atoms with van der Waals surface area (Å²) in [7, 11) is 0. The van der Waals surface area contributed by atoms with E-state index in [1.807, 2.05) is 24.3 Å². The first-order valence-corrected chi connectivity index (χ1v) is 13.3. The van der Waals surface area contributed by atoms with Crippen molar-refractivity contribution < 1.29 is 0 Å². The van der Waals surface area contributed by atoms with Gasteiger partial charge in [0.1, 0.15) is 6.07 Å². The second-order valence-corrected chi connectivity index (χ2v) is 10.00.